The van der Waals surface area contributed by atoms with Gasteiger partial charge in [0.25, 0.3) is 6.43 Å². The van der Waals surface area contributed by atoms with Crippen molar-refractivity contribution in [2.45, 2.75) is 12.6 Å². The molecule has 1 rings (SSSR count). The summed E-state index contributed by atoms with van der Waals surface area (Å²) in [5.74, 6) is -0.581. The monoisotopic (exact) mass is 338 g/mol. The molecule has 0 radical (unpaired) electrons. The molecule has 1 heterocycles. The van der Waals surface area contributed by atoms with Crippen LogP contribution in [0.4, 0.5) is 27.8 Å². The van der Waals surface area contributed by atoms with Gasteiger partial charge in [0.05, 0.1) is 11.1 Å². The number of nitrogens with zero attached hydrogens (tertiary/aromatic N) is 1. The molecule has 0 atom stereocenters. The van der Waals surface area contributed by atoms with Crippen LogP contribution in [0, 0.1) is 3.57 Å². The largest absolute Gasteiger partial charge is 0.418 e. The Bertz CT molecular complexity index is 376. The summed E-state index contributed by atoms with van der Waals surface area (Å²) in [6.45, 7) is 0. The Morgan fingerprint density at radius 3 is 2.27 bits per heavy atom. The summed E-state index contributed by atoms with van der Waals surface area (Å²) in [4.78, 5) is 3.10. The van der Waals surface area contributed by atoms with Crippen molar-refractivity contribution in [3.8, 4) is 0 Å². The number of nitrogen functional groups attached to an aromatic ring is 1. The van der Waals surface area contributed by atoms with Crippen LogP contribution in [0.5, 0.6) is 0 Å². The number of halogens is 6. The van der Waals surface area contributed by atoms with Crippen LogP contribution in [0.15, 0.2) is 6.20 Å². The fourth-order valence-electron chi connectivity index (χ4n) is 0.923. The lowest BCUT2D eigenvalue weighted by Gasteiger charge is -2.13. The first-order valence-corrected chi connectivity index (χ1v) is 4.62. The number of pyridine rings is 1. The van der Waals surface area contributed by atoms with Crippen molar-refractivity contribution in [2.24, 2.45) is 0 Å². The average Bonchev–Trinajstić information content (AvgIpc) is 2.00. The molecule has 84 valence electrons. The van der Waals surface area contributed by atoms with Crippen LogP contribution in [0.25, 0.3) is 0 Å². The zero-order chi connectivity index (χ0) is 11.8. The number of nitrogens with two attached hydrogens (primary N) is 1. The summed E-state index contributed by atoms with van der Waals surface area (Å²) in [6, 6.07) is 0. The minimum absolute atomic E-state index is 0.447. The van der Waals surface area contributed by atoms with Gasteiger partial charge in [-0.1, -0.05) is 0 Å². The van der Waals surface area contributed by atoms with Gasteiger partial charge in [-0.05, 0) is 22.6 Å². The highest BCUT2D eigenvalue weighted by molar-refractivity contribution is 14.1. The maximum atomic E-state index is 12.4. The quantitative estimate of drug-likeness (QED) is 0.631. The Kier molecular flexibility index (Phi) is 3.36. The van der Waals surface area contributed by atoms with Gasteiger partial charge < -0.3 is 5.73 Å². The van der Waals surface area contributed by atoms with Crippen LogP contribution < -0.4 is 5.73 Å². The summed E-state index contributed by atoms with van der Waals surface area (Å²) >= 11 is 1.19. The third-order valence-corrected chi connectivity index (χ3v) is 2.77. The maximum Gasteiger partial charge on any atom is 0.418 e. The molecule has 0 aliphatic rings. The summed E-state index contributed by atoms with van der Waals surface area (Å²) in [5, 5.41) is 0. The van der Waals surface area contributed by atoms with E-state index in [0.29, 0.717) is 6.20 Å². The maximum absolute atomic E-state index is 12.4. The van der Waals surface area contributed by atoms with Crippen molar-refractivity contribution in [3.63, 3.8) is 0 Å². The standard InChI is InChI=1S/C7H4F5IN2/c8-5(9)3-4(13)2(7(10,11)12)1-15-6(3)14/h1,5H,(H2,14,15). The molecule has 1 aromatic heterocycles. The van der Waals surface area contributed by atoms with Gasteiger partial charge in [0.1, 0.15) is 5.82 Å². The smallest absolute Gasteiger partial charge is 0.383 e. The van der Waals surface area contributed by atoms with Crippen molar-refractivity contribution < 1.29 is 22.0 Å². The highest BCUT2D eigenvalue weighted by Gasteiger charge is 2.36. The molecular weight excluding hydrogens is 334 g/mol. The number of alkyl halides is 5. The van der Waals surface area contributed by atoms with E-state index in [1.54, 1.807) is 0 Å². The topological polar surface area (TPSA) is 38.9 Å². The molecule has 0 amide bonds. The molecule has 0 saturated heterocycles. The molecule has 0 bridgehead atoms. The first-order chi connectivity index (χ1) is 6.75. The van der Waals surface area contributed by atoms with E-state index < -0.39 is 33.1 Å². The van der Waals surface area contributed by atoms with Gasteiger partial charge >= 0.3 is 6.18 Å². The lowest BCUT2D eigenvalue weighted by atomic mass is 10.2. The lowest BCUT2D eigenvalue weighted by molar-refractivity contribution is -0.138. The van der Waals surface area contributed by atoms with Crippen LogP contribution in [0.3, 0.4) is 0 Å². The van der Waals surface area contributed by atoms with Gasteiger partial charge in [0, 0.05) is 9.77 Å². The fourth-order valence-corrected chi connectivity index (χ4v) is 1.88. The first kappa shape index (κ1) is 12.4. The van der Waals surface area contributed by atoms with E-state index in [9.17, 15) is 22.0 Å². The van der Waals surface area contributed by atoms with Gasteiger partial charge in [-0.15, -0.1) is 0 Å². The first-order valence-electron chi connectivity index (χ1n) is 3.54. The molecule has 2 nitrogen and oxygen atoms in total. The Morgan fingerprint density at radius 2 is 1.87 bits per heavy atom. The molecule has 0 unspecified atom stereocenters. The Hall–Kier alpha value is -0.670. The molecular formula is C7H4F5IN2. The zero-order valence-corrected chi connectivity index (χ0v) is 9.10. The van der Waals surface area contributed by atoms with Crippen molar-refractivity contribution >= 4 is 28.4 Å². The van der Waals surface area contributed by atoms with Crippen LogP contribution in [-0.4, -0.2) is 4.98 Å². The third kappa shape index (κ3) is 2.47. The highest BCUT2D eigenvalue weighted by Crippen LogP contribution is 2.38. The molecule has 15 heavy (non-hydrogen) atoms. The van der Waals surface area contributed by atoms with E-state index in [1.165, 1.54) is 22.6 Å². The zero-order valence-electron chi connectivity index (χ0n) is 6.95. The second-order valence-electron chi connectivity index (χ2n) is 2.58. The fraction of sp³-hybridized carbons (Fsp3) is 0.286. The molecule has 0 aliphatic carbocycles. The SMILES string of the molecule is Nc1ncc(C(F)(F)F)c(I)c1C(F)F. The summed E-state index contributed by atoms with van der Waals surface area (Å²) in [6.07, 6.45) is -7.34. The van der Waals surface area contributed by atoms with Gasteiger partial charge in [-0.25, -0.2) is 13.8 Å². The van der Waals surface area contributed by atoms with Gasteiger partial charge in [0.15, 0.2) is 0 Å². The molecule has 2 N–H and O–H groups in total. The number of aromatic nitrogens is 1. The summed E-state index contributed by atoms with van der Waals surface area (Å²) < 4.78 is 61.0. The number of rotatable bonds is 1. The van der Waals surface area contributed by atoms with Gasteiger partial charge in [0.2, 0.25) is 0 Å². The van der Waals surface area contributed by atoms with Gasteiger partial charge in [-0.2, -0.15) is 13.2 Å². The second-order valence-corrected chi connectivity index (χ2v) is 3.66. The van der Waals surface area contributed by atoms with E-state index in [1.807, 2.05) is 0 Å². The molecule has 0 spiro atoms. The van der Waals surface area contributed by atoms with E-state index in [-0.39, 0.29) is 0 Å². The normalized spacial score (nSPS) is 12.2. The Labute approximate surface area is 94.8 Å². The molecule has 0 fully saturated rings. The van der Waals surface area contributed by atoms with E-state index >= 15 is 0 Å². The number of anilines is 1. The molecule has 0 saturated carbocycles. The van der Waals surface area contributed by atoms with Crippen LogP contribution in [0.1, 0.15) is 17.6 Å². The van der Waals surface area contributed by atoms with Crippen LogP contribution >= 0.6 is 22.6 Å². The van der Waals surface area contributed by atoms with Gasteiger partial charge in [-0.3, -0.25) is 0 Å². The van der Waals surface area contributed by atoms with Crippen molar-refractivity contribution in [3.05, 3.63) is 20.9 Å². The van der Waals surface area contributed by atoms with Crippen LogP contribution in [-0.2, 0) is 6.18 Å². The number of hydrogen-bond donors (Lipinski definition) is 1. The minimum Gasteiger partial charge on any atom is -0.383 e. The predicted molar refractivity (Wildman–Crippen MR) is 51.3 cm³/mol. The number of hydrogen-bond acceptors (Lipinski definition) is 2. The van der Waals surface area contributed by atoms with Crippen LogP contribution in [0.2, 0.25) is 0 Å². The molecule has 1 aromatic rings. The average molecular weight is 338 g/mol. The summed E-state index contributed by atoms with van der Waals surface area (Å²) in [5.41, 5.74) is 3.00. The van der Waals surface area contributed by atoms with Crippen molar-refractivity contribution in [2.75, 3.05) is 5.73 Å². The summed E-state index contributed by atoms with van der Waals surface area (Å²) in [7, 11) is 0. The molecule has 0 aliphatic heterocycles. The molecule has 8 heteroatoms. The second kappa shape index (κ2) is 4.06. The lowest BCUT2D eigenvalue weighted by Crippen LogP contribution is -2.12. The Balaban J connectivity index is 3.42. The predicted octanol–water partition coefficient (Wildman–Crippen LogP) is 3.22. The minimum atomic E-state index is -4.71. The van der Waals surface area contributed by atoms with Crippen molar-refractivity contribution in [1.82, 2.24) is 4.98 Å². The third-order valence-electron chi connectivity index (χ3n) is 1.61. The van der Waals surface area contributed by atoms with E-state index in [0.717, 1.165) is 0 Å². The van der Waals surface area contributed by atoms with Crippen molar-refractivity contribution in [1.29, 1.82) is 0 Å². The van der Waals surface area contributed by atoms with E-state index in [2.05, 4.69) is 4.98 Å². The van der Waals surface area contributed by atoms with E-state index in [4.69, 9.17) is 5.73 Å². The molecule has 0 aromatic carbocycles. The Morgan fingerprint density at radius 1 is 1.33 bits per heavy atom. The highest BCUT2D eigenvalue weighted by atomic mass is 127.